The van der Waals surface area contributed by atoms with E-state index in [4.69, 9.17) is 46.4 Å². The van der Waals surface area contributed by atoms with Gasteiger partial charge in [-0.2, -0.15) is 0 Å². The molecule has 0 bridgehead atoms. The van der Waals surface area contributed by atoms with Crippen LogP contribution in [-0.2, 0) is 10.0 Å². The smallest absolute Gasteiger partial charge is 0.240 e. The molecule has 4 nitrogen and oxygen atoms in total. The third-order valence-electron chi connectivity index (χ3n) is 5.17. The van der Waals surface area contributed by atoms with Crippen molar-refractivity contribution in [2.24, 2.45) is 0 Å². The highest BCUT2D eigenvalue weighted by atomic mass is 35.5. The van der Waals surface area contributed by atoms with Gasteiger partial charge in [-0.1, -0.05) is 70.7 Å². The van der Waals surface area contributed by atoms with Gasteiger partial charge in [0, 0.05) is 29.2 Å². The first-order chi connectivity index (χ1) is 14.7. The maximum atomic E-state index is 12.7. The second kappa shape index (κ2) is 9.28. The molecule has 0 amide bonds. The molecular weight excluding hydrogens is 498 g/mol. The zero-order valence-corrected chi connectivity index (χ0v) is 19.9. The number of hydrogen-bond donors (Lipinski definition) is 1. The van der Waals surface area contributed by atoms with Crippen molar-refractivity contribution >= 4 is 56.4 Å². The van der Waals surface area contributed by atoms with Crippen molar-refractivity contribution in [1.29, 1.82) is 0 Å². The highest BCUT2D eigenvalue weighted by Crippen LogP contribution is 2.34. The molecule has 0 aromatic heterocycles. The summed E-state index contributed by atoms with van der Waals surface area (Å²) in [4.78, 5) is 2.29. The van der Waals surface area contributed by atoms with Crippen molar-refractivity contribution in [3.63, 3.8) is 0 Å². The molecule has 0 saturated carbocycles. The van der Waals surface area contributed by atoms with Gasteiger partial charge in [0.15, 0.2) is 0 Å². The average molecular weight is 516 g/mol. The predicted molar refractivity (Wildman–Crippen MR) is 127 cm³/mol. The predicted octanol–water partition coefficient (Wildman–Crippen LogP) is 6.05. The van der Waals surface area contributed by atoms with Crippen LogP contribution in [0.4, 0.5) is 0 Å². The number of halogens is 4. The van der Waals surface area contributed by atoms with E-state index >= 15 is 0 Å². The molecule has 1 saturated heterocycles. The highest BCUT2D eigenvalue weighted by molar-refractivity contribution is 7.89. The largest absolute Gasteiger partial charge is 0.289 e. The first-order valence-electron chi connectivity index (χ1n) is 9.45. The first kappa shape index (κ1) is 22.9. The van der Waals surface area contributed by atoms with Gasteiger partial charge in [-0.15, -0.1) is 0 Å². The van der Waals surface area contributed by atoms with Crippen LogP contribution in [0, 0.1) is 0 Å². The van der Waals surface area contributed by atoms with Crippen LogP contribution < -0.4 is 4.72 Å². The molecule has 1 heterocycles. The molecule has 1 N–H and O–H groups in total. The molecule has 0 unspecified atom stereocenters. The molecule has 31 heavy (non-hydrogen) atoms. The van der Waals surface area contributed by atoms with Crippen LogP contribution in [0.1, 0.15) is 17.2 Å². The molecule has 3 aromatic carbocycles. The quantitative estimate of drug-likeness (QED) is 0.434. The number of benzene rings is 3. The summed E-state index contributed by atoms with van der Waals surface area (Å²) in [6.45, 7) is 1.10. The molecule has 4 rings (SSSR count). The highest BCUT2D eigenvalue weighted by Gasteiger charge is 2.36. The second-order valence-corrected chi connectivity index (χ2v) is 10.8. The molecule has 0 atom stereocenters. The molecule has 3 aromatic rings. The van der Waals surface area contributed by atoms with Crippen molar-refractivity contribution < 1.29 is 8.42 Å². The molecular formula is C22H18Cl4N2O2S. The van der Waals surface area contributed by atoms with Gasteiger partial charge < -0.3 is 0 Å². The SMILES string of the molecule is O=S(=O)(NC1CN(C(c2ccc(Cl)cc2)c2ccc(Cl)cc2)C1)c1ccc(Cl)c(Cl)c1. The zero-order valence-electron chi connectivity index (χ0n) is 16.1. The minimum atomic E-state index is -3.70. The number of sulfonamides is 1. The summed E-state index contributed by atoms with van der Waals surface area (Å²) in [5.41, 5.74) is 2.13. The van der Waals surface area contributed by atoms with Crippen LogP contribution in [0.2, 0.25) is 20.1 Å². The summed E-state index contributed by atoms with van der Waals surface area (Å²) in [7, 11) is -3.70. The van der Waals surface area contributed by atoms with E-state index in [-0.39, 0.29) is 22.0 Å². The standard InChI is InChI=1S/C22H18Cl4N2O2S/c23-16-5-1-14(2-6-16)22(15-3-7-17(24)8-4-15)28-12-18(13-28)27-31(29,30)19-9-10-20(25)21(26)11-19/h1-11,18,22,27H,12-13H2. The van der Waals surface area contributed by atoms with Crippen LogP contribution in [0.5, 0.6) is 0 Å². The topological polar surface area (TPSA) is 49.4 Å². The van der Waals surface area contributed by atoms with E-state index in [0.717, 1.165) is 11.1 Å². The summed E-state index contributed by atoms with van der Waals surface area (Å²) in [6.07, 6.45) is 0. The van der Waals surface area contributed by atoms with E-state index < -0.39 is 10.0 Å². The van der Waals surface area contributed by atoms with Gasteiger partial charge in [-0.3, -0.25) is 4.90 Å². The number of likely N-dealkylation sites (tertiary alicyclic amines) is 1. The molecule has 0 spiro atoms. The molecule has 0 aliphatic carbocycles. The van der Waals surface area contributed by atoms with E-state index in [2.05, 4.69) is 9.62 Å². The van der Waals surface area contributed by atoms with E-state index in [1.807, 2.05) is 48.5 Å². The zero-order chi connectivity index (χ0) is 22.2. The average Bonchev–Trinajstić information content (AvgIpc) is 2.70. The molecule has 1 aliphatic heterocycles. The Balaban J connectivity index is 1.51. The summed E-state index contributed by atoms with van der Waals surface area (Å²) >= 11 is 24.0. The van der Waals surface area contributed by atoms with Gasteiger partial charge in [0.05, 0.1) is 21.0 Å². The summed E-state index contributed by atoms with van der Waals surface area (Å²) < 4.78 is 28.2. The third kappa shape index (κ3) is 5.20. The fraction of sp³-hybridized carbons (Fsp3) is 0.182. The van der Waals surface area contributed by atoms with Crippen LogP contribution in [0.15, 0.2) is 71.6 Å². The Bertz CT molecular complexity index is 1130. The molecule has 162 valence electrons. The van der Waals surface area contributed by atoms with Gasteiger partial charge >= 0.3 is 0 Å². The van der Waals surface area contributed by atoms with Crippen LogP contribution in [0.25, 0.3) is 0 Å². The number of nitrogens with zero attached hydrogens (tertiary/aromatic N) is 1. The Morgan fingerprint density at radius 1 is 0.774 bits per heavy atom. The number of rotatable bonds is 6. The van der Waals surface area contributed by atoms with Crippen LogP contribution in [-0.4, -0.2) is 32.4 Å². The van der Waals surface area contributed by atoms with Gasteiger partial charge in [-0.25, -0.2) is 13.1 Å². The second-order valence-electron chi connectivity index (χ2n) is 7.35. The maximum Gasteiger partial charge on any atom is 0.240 e. The monoisotopic (exact) mass is 514 g/mol. The number of hydrogen-bond acceptors (Lipinski definition) is 3. The van der Waals surface area contributed by atoms with Gasteiger partial charge in [0.1, 0.15) is 0 Å². The Morgan fingerprint density at radius 3 is 1.77 bits per heavy atom. The van der Waals surface area contributed by atoms with E-state index in [1.165, 1.54) is 18.2 Å². The maximum absolute atomic E-state index is 12.7. The first-order valence-corrected chi connectivity index (χ1v) is 12.4. The van der Waals surface area contributed by atoms with Gasteiger partial charge in [-0.05, 0) is 53.6 Å². The lowest BCUT2D eigenvalue weighted by molar-refractivity contribution is 0.105. The summed E-state index contributed by atoms with van der Waals surface area (Å²) in [5.74, 6) is 0. The van der Waals surface area contributed by atoms with Crippen LogP contribution >= 0.6 is 46.4 Å². The van der Waals surface area contributed by atoms with E-state index in [9.17, 15) is 8.42 Å². The van der Waals surface area contributed by atoms with Gasteiger partial charge in [0.25, 0.3) is 0 Å². The minimum absolute atomic E-state index is 0.0414. The molecule has 0 radical (unpaired) electrons. The van der Waals surface area contributed by atoms with Gasteiger partial charge in [0.2, 0.25) is 10.0 Å². The third-order valence-corrected chi connectivity index (χ3v) is 7.93. The summed E-state index contributed by atoms with van der Waals surface area (Å²) in [6, 6.07) is 19.3. The lowest BCUT2D eigenvalue weighted by Crippen LogP contribution is -2.60. The molecule has 1 fully saturated rings. The van der Waals surface area contributed by atoms with Crippen molar-refractivity contribution in [3.05, 3.63) is 97.9 Å². The van der Waals surface area contributed by atoms with Crippen molar-refractivity contribution in [3.8, 4) is 0 Å². The van der Waals surface area contributed by atoms with Crippen molar-refractivity contribution in [2.45, 2.75) is 17.0 Å². The Hall–Kier alpha value is -1.31. The van der Waals surface area contributed by atoms with E-state index in [1.54, 1.807) is 0 Å². The Labute approximate surface area is 201 Å². The Morgan fingerprint density at radius 2 is 1.29 bits per heavy atom. The van der Waals surface area contributed by atoms with E-state index in [0.29, 0.717) is 28.2 Å². The van der Waals surface area contributed by atoms with Crippen LogP contribution in [0.3, 0.4) is 0 Å². The number of nitrogens with one attached hydrogen (secondary N) is 1. The van der Waals surface area contributed by atoms with Crippen molar-refractivity contribution in [2.75, 3.05) is 13.1 Å². The molecule has 9 heteroatoms. The lowest BCUT2D eigenvalue weighted by Gasteiger charge is -2.44. The molecule has 1 aliphatic rings. The van der Waals surface area contributed by atoms with Crippen molar-refractivity contribution in [1.82, 2.24) is 9.62 Å². The fourth-order valence-electron chi connectivity index (χ4n) is 3.63. The Kier molecular flexibility index (Phi) is 6.85. The fourth-order valence-corrected chi connectivity index (χ4v) is 5.49. The minimum Gasteiger partial charge on any atom is -0.289 e. The lowest BCUT2D eigenvalue weighted by atomic mass is 9.93. The summed E-state index contributed by atoms with van der Waals surface area (Å²) in [5, 5.41) is 1.83. The normalized spacial score (nSPS) is 15.3.